The largest absolute Gasteiger partial charge is 0.453 e. The Bertz CT molecular complexity index is 1690. The number of amides is 2. The van der Waals surface area contributed by atoms with Gasteiger partial charge in [0.1, 0.15) is 17.1 Å². The molecule has 3 heterocycles. The van der Waals surface area contributed by atoms with Crippen LogP contribution in [0.2, 0.25) is 0 Å². The van der Waals surface area contributed by atoms with E-state index in [1.165, 1.54) is 31.3 Å². The van der Waals surface area contributed by atoms with Crippen LogP contribution in [0.1, 0.15) is 28.5 Å². The van der Waals surface area contributed by atoms with Gasteiger partial charge in [0.15, 0.2) is 28.9 Å². The number of ether oxygens (including phenoxy) is 1. The molecule has 0 atom stereocenters. The van der Waals surface area contributed by atoms with Crippen molar-refractivity contribution in [2.75, 3.05) is 17.6 Å². The minimum atomic E-state index is -5.12. The Morgan fingerprint density at radius 3 is 2.54 bits per heavy atom. The zero-order valence-corrected chi connectivity index (χ0v) is 20.9. The molecule has 41 heavy (non-hydrogen) atoms. The van der Waals surface area contributed by atoms with Crippen LogP contribution in [0, 0.1) is 23.5 Å². The highest BCUT2D eigenvalue weighted by Gasteiger charge is 2.41. The summed E-state index contributed by atoms with van der Waals surface area (Å²) in [7, 11) is 0. The normalized spacial score (nSPS) is 10.9. The quantitative estimate of drug-likeness (QED) is 0.234. The molecule has 0 fully saturated rings. The summed E-state index contributed by atoms with van der Waals surface area (Å²) in [5.74, 6) is 0.602. The number of benzene rings is 1. The fourth-order valence-corrected chi connectivity index (χ4v) is 3.43. The van der Waals surface area contributed by atoms with Gasteiger partial charge in [-0.25, -0.2) is 23.4 Å². The molecule has 3 aromatic heterocycles. The van der Waals surface area contributed by atoms with Crippen molar-refractivity contribution in [3.63, 3.8) is 0 Å². The van der Waals surface area contributed by atoms with Crippen LogP contribution in [0.5, 0.6) is 11.5 Å². The molecule has 2 amide bonds. The number of carbonyl (C=O) groups is 2. The van der Waals surface area contributed by atoms with Gasteiger partial charge in [-0.2, -0.15) is 18.3 Å². The van der Waals surface area contributed by atoms with Gasteiger partial charge in [0.2, 0.25) is 5.91 Å². The number of nitrogens with zero attached hydrogens (tertiary/aromatic N) is 4. The SMILES string of the molecule is CC(=O)NCC#Cc1c(Oc2ccc(NC(=O)c3cnn(-c4ncccc4F)c3C(F)(F)F)cc2F)ccnc1N. The predicted octanol–water partition coefficient (Wildman–Crippen LogP) is 4.07. The summed E-state index contributed by atoms with van der Waals surface area (Å²) in [5, 5.41) is 8.13. The number of rotatable bonds is 6. The third kappa shape index (κ3) is 6.56. The number of nitrogens with two attached hydrogens (primary N) is 1. The summed E-state index contributed by atoms with van der Waals surface area (Å²) in [6.07, 6.45) is -2.16. The van der Waals surface area contributed by atoms with Crippen LogP contribution < -0.4 is 21.1 Å². The molecular weight excluding hydrogens is 553 g/mol. The van der Waals surface area contributed by atoms with Gasteiger partial charge in [0.05, 0.1) is 18.3 Å². The second kappa shape index (κ2) is 11.7. The molecule has 4 rings (SSSR count). The molecule has 210 valence electrons. The molecule has 0 saturated heterocycles. The Kier molecular flexibility index (Phi) is 8.13. The number of hydrogen-bond donors (Lipinski definition) is 3. The fraction of sp³-hybridized carbons (Fsp3) is 0.115. The van der Waals surface area contributed by atoms with Crippen LogP contribution in [0.3, 0.4) is 0 Å². The van der Waals surface area contributed by atoms with Gasteiger partial charge in [-0.3, -0.25) is 9.59 Å². The summed E-state index contributed by atoms with van der Waals surface area (Å²) in [6.45, 7) is 1.33. The van der Waals surface area contributed by atoms with Gasteiger partial charge < -0.3 is 21.1 Å². The van der Waals surface area contributed by atoms with Gasteiger partial charge in [0, 0.05) is 37.1 Å². The minimum Gasteiger partial charge on any atom is -0.453 e. The molecule has 4 N–H and O–H groups in total. The molecule has 0 spiro atoms. The topological polar surface area (TPSA) is 137 Å². The Labute approximate surface area is 228 Å². The van der Waals surface area contributed by atoms with E-state index in [9.17, 15) is 31.5 Å². The molecule has 15 heteroatoms. The number of aromatic nitrogens is 4. The first-order valence-corrected chi connectivity index (χ1v) is 11.5. The van der Waals surface area contributed by atoms with E-state index in [2.05, 4.69) is 37.5 Å². The smallest absolute Gasteiger partial charge is 0.434 e. The highest BCUT2D eigenvalue weighted by molar-refractivity contribution is 6.05. The van der Waals surface area contributed by atoms with E-state index in [0.29, 0.717) is 6.20 Å². The molecule has 0 radical (unpaired) electrons. The highest BCUT2D eigenvalue weighted by Crippen LogP contribution is 2.35. The molecule has 10 nitrogen and oxygen atoms in total. The van der Waals surface area contributed by atoms with E-state index >= 15 is 0 Å². The molecular formula is C26H18F5N7O3. The number of halogens is 5. The predicted molar refractivity (Wildman–Crippen MR) is 135 cm³/mol. The number of nitrogen functional groups attached to an aromatic ring is 1. The monoisotopic (exact) mass is 571 g/mol. The number of hydrogen-bond acceptors (Lipinski definition) is 7. The first-order chi connectivity index (χ1) is 19.5. The van der Waals surface area contributed by atoms with Crippen LogP contribution in [0.15, 0.2) is 55.0 Å². The molecule has 4 aromatic rings. The average Bonchev–Trinajstić information content (AvgIpc) is 3.35. The van der Waals surface area contributed by atoms with Crippen molar-refractivity contribution < 1.29 is 36.3 Å². The average molecular weight is 571 g/mol. The van der Waals surface area contributed by atoms with Crippen LogP contribution >= 0.6 is 0 Å². The zero-order chi connectivity index (χ0) is 29.7. The van der Waals surface area contributed by atoms with Crippen LogP contribution in [0.4, 0.5) is 33.5 Å². The third-order valence-corrected chi connectivity index (χ3v) is 5.21. The Morgan fingerprint density at radius 2 is 1.85 bits per heavy atom. The molecule has 0 aliphatic carbocycles. The van der Waals surface area contributed by atoms with Gasteiger partial charge in [-0.15, -0.1) is 0 Å². The number of nitrogens with one attached hydrogen (secondary N) is 2. The molecule has 0 unspecified atom stereocenters. The molecule has 1 aromatic carbocycles. The fourth-order valence-electron chi connectivity index (χ4n) is 3.43. The van der Waals surface area contributed by atoms with E-state index in [-0.39, 0.29) is 45.7 Å². The number of anilines is 2. The maximum atomic E-state index is 14.9. The summed E-state index contributed by atoms with van der Waals surface area (Å²) in [6, 6.07) is 6.55. The van der Waals surface area contributed by atoms with Crippen LogP contribution in [-0.4, -0.2) is 38.1 Å². The van der Waals surface area contributed by atoms with Crippen molar-refractivity contribution in [2.24, 2.45) is 0 Å². The summed E-state index contributed by atoms with van der Waals surface area (Å²) >= 11 is 0. The first kappa shape index (κ1) is 28.5. The highest BCUT2D eigenvalue weighted by atomic mass is 19.4. The first-order valence-electron chi connectivity index (χ1n) is 11.5. The van der Waals surface area contributed by atoms with Crippen LogP contribution in [0.25, 0.3) is 5.82 Å². The van der Waals surface area contributed by atoms with Crippen molar-refractivity contribution in [3.05, 3.63) is 83.4 Å². The molecule has 0 aliphatic heterocycles. The van der Waals surface area contributed by atoms with E-state index in [1.807, 2.05) is 0 Å². The lowest BCUT2D eigenvalue weighted by molar-refractivity contribution is -0.143. The number of alkyl halides is 3. The third-order valence-electron chi connectivity index (χ3n) is 5.21. The van der Waals surface area contributed by atoms with E-state index < -0.39 is 40.8 Å². The van der Waals surface area contributed by atoms with Crippen molar-refractivity contribution >= 4 is 23.3 Å². The Morgan fingerprint density at radius 1 is 1.07 bits per heavy atom. The van der Waals surface area contributed by atoms with E-state index in [1.54, 1.807) is 0 Å². The van der Waals surface area contributed by atoms with E-state index in [4.69, 9.17) is 10.5 Å². The Balaban J connectivity index is 1.57. The Hall–Kier alpha value is -5.52. The number of carbonyl (C=O) groups excluding carboxylic acids is 2. The van der Waals surface area contributed by atoms with Gasteiger partial charge >= 0.3 is 6.18 Å². The zero-order valence-electron chi connectivity index (χ0n) is 20.9. The summed E-state index contributed by atoms with van der Waals surface area (Å²) in [5.41, 5.74) is 3.23. The second-order valence-electron chi connectivity index (χ2n) is 8.11. The van der Waals surface area contributed by atoms with Gasteiger partial charge in [-0.1, -0.05) is 11.8 Å². The summed E-state index contributed by atoms with van der Waals surface area (Å²) < 4.78 is 76.4. The molecule has 0 saturated carbocycles. The summed E-state index contributed by atoms with van der Waals surface area (Å²) in [4.78, 5) is 31.2. The maximum Gasteiger partial charge on any atom is 0.434 e. The van der Waals surface area contributed by atoms with Gasteiger partial charge in [0.25, 0.3) is 5.91 Å². The van der Waals surface area contributed by atoms with Gasteiger partial charge in [-0.05, 0) is 24.3 Å². The van der Waals surface area contributed by atoms with Crippen molar-refractivity contribution in [1.82, 2.24) is 25.1 Å². The second-order valence-corrected chi connectivity index (χ2v) is 8.11. The van der Waals surface area contributed by atoms with Crippen molar-refractivity contribution in [2.45, 2.75) is 13.1 Å². The molecule has 0 bridgehead atoms. The van der Waals surface area contributed by atoms with E-state index in [0.717, 1.165) is 24.4 Å². The van der Waals surface area contributed by atoms with Crippen molar-refractivity contribution in [3.8, 4) is 29.2 Å². The molecule has 0 aliphatic rings. The van der Waals surface area contributed by atoms with Crippen molar-refractivity contribution in [1.29, 1.82) is 0 Å². The van der Waals surface area contributed by atoms with Crippen LogP contribution in [-0.2, 0) is 11.0 Å². The lowest BCUT2D eigenvalue weighted by atomic mass is 10.2. The maximum absolute atomic E-state index is 14.9. The lowest BCUT2D eigenvalue weighted by Gasteiger charge is -2.13. The lowest BCUT2D eigenvalue weighted by Crippen LogP contribution is -2.21. The standard InChI is InChI=1S/C26H18F5N7O3/c1-14(39)33-9-2-4-16-20(8-11-34-23(16)32)41-21-7-6-15(12-19(21)28)37-25(40)17-13-36-38(22(17)26(29,30)31)24-18(27)5-3-10-35-24/h3,5-8,10-13H,9H2,1H3,(H2,32,34)(H,33,39)(H,37,40). The number of pyridine rings is 2. The minimum absolute atomic E-state index is 0.0115.